The van der Waals surface area contributed by atoms with Gasteiger partial charge in [-0.05, 0) is 25.9 Å². The van der Waals surface area contributed by atoms with Gasteiger partial charge in [-0.15, -0.1) is 6.58 Å². The summed E-state index contributed by atoms with van der Waals surface area (Å²) < 4.78 is 0. The lowest BCUT2D eigenvalue weighted by molar-refractivity contribution is 0.287. The van der Waals surface area contributed by atoms with Gasteiger partial charge < -0.3 is 0 Å². The Bertz CT molecular complexity index is 82.6. The maximum Gasteiger partial charge on any atom is 0.0467 e. The predicted molar refractivity (Wildman–Crippen MR) is 39.9 cm³/mol. The Morgan fingerprint density at radius 1 is 1.44 bits per heavy atom. The van der Waals surface area contributed by atoms with Gasteiger partial charge in [-0.1, -0.05) is 12.5 Å². The Morgan fingerprint density at radius 3 is 2.89 bits per heavy atom. The van der Waals surface area contributed by atoms with E-state index in [1.807, 2.05) is 6.08 Å². The fraction of sp³-hybridized carbons (Fsp3) is 0.625. The summed E-state index contributed by atoms with van der Waals surface area (Å²) in [5.74, 6) is 0. The molecule has 0 aromatic carbocycles. The number of hydrogen-bond acceptors (Lipinski definition) is 1. The molecule has 1 nitrogen and oxygen atoms in total. The van der Waals surface area contributed by atoms with Gasteiger partial charge in [-0.25, -0.2) is 0 Å². The number of rotatable bonds is 2. The van der Waals surface area contributed by atoms with Crippen LogP contribution in [0.2, 0.25) is 0 Å². The Kier molecular flexibility index (Phi) is 2.78. The molecular weight excluding hydrogens is 112 g/mol. The zero-order valence-corrected chi connectivity index (χ0v) is 5.84. The predicted octanol–water partition coefficient (Wildman–Crippen LogP) is 1.82. The Labute approximate surface area is 57.4 Å². The highest BCUT2D eigenvalue weighted by Gasteiger charge is 2.06. The van der Waals surface area contributed by atoms with Crippen LogP contribution in [-0.4, -0.2) is 18.0 Å². The average molecular weight is 126 g/mol. The monoisotopic (exact) mass is 126 g/mol. The van der Waals surface area contributed by atoms with Gasteiger partial charge in [0.1, 0.15) is 0 Å². The van der Waals surface area contributed by atoms with E-state index >= 15 is 0 Å². The molecule has 1 rings (SSSR count). The van der Waals surface area contributed by atoms with E-state index in [0.29, 0.717) is 0 Å². The smallest absolute Gasteiger partial charge is 0.0467 e. The maximum absolute atomic E-state index is 3.66. The molecule has 1 radical (unpaired) electrons. The van der Waals surface area contributed by atoms with E-state index in [1.54, 1.807) is 0 Å². The molecule has 0 aliphatic carbocycles. The zero-order chi connectivity index (χ0) is 6.53. The summed E-state index contributed by atoms with van der Waals surface area (Å²) in [5, 5.41) is 0. The van der Waals surface area contributed by atoms with Crippen LogP contribution in [0.25, 0.3) is 0 Å². The third kappa shape index (κ3) is 2.19. The second-order valence-corrected chi connectivity index (χ2v) is 2.48. The van der Waals surface area contributed by atoms with Crippen molar-refractivity contribution in [1.82, 2.24) is 4.90 Å². The Morgan fingerprint density at radius 2 is 2.33 bits per heavy atom. The standard InChI is InChI=1S/C8H14N/c1-2-6-9-7-4-3-5-8-9/h2,6H,1,3-5,7-8H2/i7+2. The van der Waals surface area contributed by atoms with Gasteiger partial charge in [0.15, 0.2) is 0 Å². The topological polar surface area (TPSA) is 3.24 Å². The fourth-order valence-electron chi connectivity index (χ4n) is 1.22. The van der Waals surface area contributed by atoms with Crippen LogP contribution >= 0.6 is 0 Å². The van der Waals surface area contributed by atoms with Crippen LogP contribution in [0.5, 0.6) is 0 Å². The van der Waals surface area contributed by atoms with Crippen molar-refractivity contribution >= 4 is 0 Å². The van der Waals surface area contributed by atoms with Crippen molar-refractivity contribution in [1.29, 1.82) is 0 Å². The zero-order valence-electron chi connectivity index (χ0n) is 5.84. The minimum Gasteiger partial charge on any atom is -0.295 e. The van der Waals surface area contributed by atoms with Crippen molar-refractivity contribution in [2.24, 2.45) is 0 Å². The van der Waals surface area contributed by atoms with Crippen LogP contribution in [0.4, 0.5) is 0 Å². The molecule has 0 aromatic rings. The molecule has 0 bridgehead atoms. The molecule has 1 fully saturated rings. The van der Waals surface area contributed by atoms with Crippen molar-refractivity contribution in [2.45, 2.75) is 19.3 Å². The summed E-state index contributed by atoms with van der Waals surface area (Å²) in [7, 11) is 0. The van der Waals surface area contributed by atoms with E-state index in [4.69, 9.17) is 0 Å². The van der Waals surface area contributed by atoms with Crippen LogP contribution in [0, 0.1) is 6.54 Å². The second kappa shape index (κ2) is 3.67. The normalized spacial score (nSPS) is 21.8. The first-order valence-electron chi connectivity index (χ1n) is 3.63. The molecule has 1 aliphatic heterocycles. The maximum atomic E-state index is 3.66. The van der Waals surface area contributed by atoms with Gasteiger partial charge in [-0.3, -0.25) is 4.90 Å². The summed E-state index contributed by atoms with van der Waals surface area (Å²) in [6, 6.07) is 0. The number of hydrogen-bond donors (Lipinski definition) is 0. The van der Waals surface area contributed by atoms with Gasteiger partial charge in [0, 0.05) is 6.54 Å². The first-order valence-corrected chi connectivity index (χ1v) is 3.63. The SMILES string of the molecule is C=C[CH]N1CCCC[14CH2]1. The third-order valence-electron chi connectivity index (χ3n) is 1.71. The molecule has 1 heterocycles. The molecule has 0 unspecified atom stereocenters. The summed E-state index contributed by atoms with van der Waals surface area (Å²) >= 11 is 0. The molecule has 0 aromatic heterocycles. The molecule has 51 valence electrons. The first kappa shape index (κ1) is 6.81. The number of likely N-dealkylation sites (tertiary alicyclic amines) is 1. The molecule has 0 atom stereocenters. The summed E-state index contributed by atoms with van der Waals surface area (Å²) in [5.41, 5.74) is 0. The van der Waals surface area contributed by atoms with Crippen molar-refractivity contribution in [2.75, 3.05) is 13.1 Å². The van der Waals surface area contributed by atoms with Gasteiger partial charge >= 0.3 is 0 Å². The summed E-state index contributed by atoms with van der Waals surface area (Å²) in [6.45, 7) is 8.20. The number of nitrogens with zero attached hydrogens (tertiary/aromatic N) is 1. The van der Waals surface area contributed by atoms with Gasteiger partial charge in [0.2, 0.25) is 0 Å². The molecular formula is C8H14N. The average Bonchev–Trinajstić information content (AvgIpc) is 1.91. The van der Waals surface area contributed by atoms with E-state index in [2.05, 4.69) is 18.0 Å². The van der Waals surface area contributed by atoms with E-state index < -0.39 is 0 Å². The summed E-state index contributed by atoms with van der Waals surface area (Å²) in [6.07, 6.45) is 5.97. The van der Waals surface area contributed by atoms with E-state index in [9.17, 15) is 0 Å². The second-order valence-electron chi connectivity index (χ2n) is 2.48. The van der Waals surface area contributed by atoms with Gasteiger partial charge in [-0.2, -0.15) is 0 Å². The highest BCUT2D eigenvalue weighted by Crippen LogP contribution is 2.09. The minimum atomic E-state index is 1.23. The molecule has 0 saturated carbocycles. The van der Waals surface area contributed by atoms with Gasteiger partial charge in [0.25, 0.3) is 0 Å². The first-order chi connectivity index (χ1) is 4.43. The Hall–Kier alpha value is -0.300. The highest BCUT2D eigenvalue weighted by atomic mass is 15.5. The minimum absolute atomic E-state index is 1.23. The van der Waals surface area contributed by atoms with Crippen molar-refractivity contribution in [3.63, 3.8) is 0 Å². The molecule has 1 saturated heterocycles. The summed E-state index contributed by atoms with van der Waals surface area (Å²) in [4.78, 5) is 2.33. The van der Waals surface area contributed by atoms with Crippen LogP contribution in [0.1, 0.15) is 19.3 Å². The quantitative estimate of drug-likeness (QED) is 0.545. The lowest BCUT2D eigenvalue weighted by Gasteiger charge is -2.24. The van der Waals surface area contributed by atoms with Crippen molar-refractivity contribution < 1.29 is 0 Å². The lowest BCUT2D eigenvalue weighted by atomic mass is 10.3. The van der Waals surface area contributed by atoms with Crippen LogP contribution in [-0.2, 0) is 0 Å². The largest absolute Gasteiger partial charge is 0.295 e. The molecule has 1 aliphatic rings. The van der Waals surface area contributed by atoms with E-state index in [1.165, 1.54) is 32.4 Å². The van der Waals surface area contributed by atoms with E-state index in [0.717, 1.165) is 0 Å². The molecule has 0 spiro atoms. The van der Waals surface area contributed by atoms with Gasteiger partial charge in [0.05, 0.1) is 0 Å². The van der Waals surface area contributed by atoms with Crippen LogP contribution in [0.15, 0.2) is 12.7 Å². The number of piperidine rings is 1. The van der Waals surface area contributed by atoms with Crippen molar-refractivity contribution in [3.05, 3.63) is 19.2 Å². The molecule has 0 N–H and O–H groups in total. The lowest BCUT2D eigenvalue weighted by Crippen LogP contribution is -2.26. The Balaban J connectivity index is 2.15. The van der Waals surface area contributed by atoms with Crippen LogP contribution in [0.3, 0.4) is 0 Å². The highest BCUT2D eigenvalue weighted by molar-refractivity contribution is 4.87. The molecule has 1 heteroatoms. The van der Waals surface area contributed by atoms with E-state index in [-0.39, 0.29) is 0 Å². The molecule has 9 heavy (non-hydrogen) atoms. The molecule has 0 amide bonds. The fourth-order valence-corrected chi connectivity index (χ4v) is 1.22. The van der Waals surface area contributed by atoms with Crippen molar-refractivity contribution in [3.8, 4) is 0 Å². The third-order valence-corrected chi connectivity index (χ3v) is 1.71. The van der Waals surface area contributed by atoms with Crippen LogP contribution < -0.4 is 0 Å².